The van der Waals surface area contributed by atoms with Crippen LogP contribution in [0.2, 0.25) is 0 Å². The molecule has 0 atom stereocenters. The van der Waals surface area contributed by atoms with E-state index in [0.29, 0.717) is 24.4 Å². The van der Waals surface area contributed by atoms with Crippen LogP contribution in [0.3, 0.4) is 0 Å². The molecule has 0 spiro atoms. The maximum atomic E-state index is 11.9. The quantitative estimate of drug-likeness (QED) is 0.844. The van der Waals surface area contributed by atoms with E-state index in [0.717, 1.165) is 11.4 Å². The third kappa shape index (κ3) is 3.54. The summed E-state index contributed by atoms with van der Waals surface area (Å²) in [4.78, 5) is 11.9. The van der Waals surface area contributed by atoms with E-state index in [9.17, 15) is 4.79 Å². The smallest absolute Gasteiger partial charge is 0.251 e. The molecule has 0 unspecified atom stereocenters. The van der Waals surface area contributed by atoms with Crippen LogP contribution in [0.5, 0.6) is 0 Å². The summed E-state index contributed by atoms with van der Waals surface area (Å²) in [6.07, 6.45) is 2.29. The fraction of sp³-hybridized carbons (Fsp3) is 0.308. The number of carbonyl (C=O) groups excluding carboxylic acids is 1. The first-order chi connectivity index (χ1) is 9.20. The molecule has 0 fully saturated rings. The zero-order valence-electron chi connectivity index (χ0n) is 10.6. The SMILES string of the molecule is Cn1cnnc1CCNC(=O)c1cccc(CCl)c1. The number of aromatic nitrogens is 3. The van der Waals surface area contributed by atoms with Gasteiger partial charge in [0.05, 0.1) is 0 Å². The molecule has 100 valence electrons. The number of carbonyl (C=O) groups is 1. The topological polar surface area (TPSA) is 59.8 Å². The summed E-state index contributed by atoms with van der Waals surface area (Å²) >= 11 is 5.74. The monoisotopic (exact) mass is 278 g/mol. The Kier molecular flexibility index (Phi) is 4.52. The van der Waals surface area contributed by atoms with Gasteiger partial charge in [-0.2, -0.15) is 0 Å². The lowest BCUT2D eigenvalue weighted by Gasteiger charge is -2.06. The van der Waals surface area contributed by atoms with Crippen molar-refractivity contribution >= 4 is 17.5 Å². The van der Waals surface area contributed by atoms with Crippen molar-refractivity contribution in [1.82, 2.24) is 20.1 Å². The number of rotatable bonds is 5. The fourth-order valence-corrected chi connectivity index (χ4v) is 1.89. The highest BCUT2D eigenvalue weighted by Crippen LogP contribution is 2.07. The number of nitrogens with one attached hydrogen (secondary N) is 1. The molecule has 0 bridgehead atoms. The summed E-state index contributed by atoms with van der Waals surface area (Å²) in [5, 5.41) is 10.6. The van der Waals surface area contributed by atoms with Crippen LogP contribution in [0.1, 0.15) is 21.7 Å². The summed E-state index contributed by atoms with van der Waals surface area (Å²) in [6, 6.07) is 7.29. The van der Waals surface area contributed by atoms with Crippen molar-refractivity contribution < 1.29 is 4.79 Å². The van der Waals surface area contributed by atoms with Gasteiger partial charge >= 0.3 is 0 Å². The maximum Gasteiger partial charge on any atom is 0.251 e. The maximum absolute atomic E-state index is 11.9. The number of benzene rings is 1. The Morgan fingerprint density at radius 2 is 2.32 bits per heavy atom. The van der Waals surface area contributed by atoms with Crippen LogP contribution >= 0.6 is 11.6 Å². The summed E-state index contributed by atoms with van der Waals surface area (Å²) < 4.78 is 1.83. The van der Waals surface area contributed by atoms with Crippen LogP contribution in [0.4, 0.5) is 0 Å². The summed E-state index contributed by atoms with van der Waals surface area (Å²) in [7, 11) is 1.88. The van der Waals surface area contributed by atoms with Gasteiger partial charge in [0, 0.05) is 31.5 Å². The summed E-state index contributed by atoms with van der Waals surface area (Å²) in [5.74, 6) is 1.14. The Morgan fingerprint density at radius 3 is 3.00 bits per heavy atom. The summed E-state index contributed by atoms with van der Waals surface area (Å²) in [5.41, 5.74) is 1.55. The minimum atomic E-state index is -0.103. The van der Waals surface area contributed by atoms with Crippen LogP contribution in [-0.4, -0.2) is 27.2 Å². The lowest BCUT2D eigenvalue weighted by molar-refractivity contribution is 0.0954. The number of halogens is 1. The predicted octanol–water partition coefficient (Wildman–Crippen LogP) is 1.53. The van der Waals surface area contributed by atoms with E-state index in [1.54, 1.807) is 18.5 Å². The molecule has 2 aromatic rings. The average Bonchev–Trinajstić information content (AvgIpc) is 2.84. The van der Waals surface area contributed by atoms with Gasteiger partial charge in [-0.25, -0.2) is 0 Å². The Hall–Kier alpha value is -1.88. The predicted molar refractivity (Wildman–Crippen MR) is 73.0 cm³/mol. The van der Waals surface area contributed by atoms with Crippen LogP contribution in [0.25, 0.3) is 0 Å². The van der Waals surface area contributed by atoms with Crippen molar-refractivity contribution in [1.29, 1.82) is 0 Å². The molecule has 0 aliphatic heterocycles. The molecular weight excluding hydrogens is 264 g/mol. The molecular formula is C13H15ClN4O. The van der Waals surface area contributed by atoms with Crippen molar-refractivity contribution in [2.75, 3.05) is 6.54 Å². The van der Waals surface area contributed by atoms with Crippen LogP contribution in [0.15, 0.2) is 30.6 Å². The molecule has 6 heteroatoms. The number of hydrogen-bond donors (Lipinski definition) is 1. The van der Waals surface area contributed by atoms with Crippen molar-refractivity contribution in [2.24, 2.45) is 7.05 Å². The molecule has 2 rings (SSSR count). The largest absolute Gasteiger partial charge is 0.352 e. The van der Waals surface area contributed by atoms with E-state index in [-0.39, 0.29) is 5.91 Å². The van der Waals surface area contributed by atoms with Crippen molar-refractivity contribution in [3.8, 4) is 0 Å². The Labute approximate surface area is 116 Å². The number of hydrogen-bond acceptors (Lipinski definition) is 3. The lowest BCUT2D eigenvalue weighted by atomic mass is 10.1. The van der Waals surface area contributed by atoms with Gasteiger partial charge in [-0.15, -0.1) is 21.8 Å². The van der Waals surface area contributed by atoms with Crippen molar-refractivity contribution in [2.45, 2.75) is 12.3 Å². The van der Waals surface area contributed by atoms with Gasteiger partial charge in [-0.05, 0) is 17.7 Å². The Morgan fingerprint density at radius 1 is 1.47 bits per heavy atom. The van der Waals surface area contributed by atoms with Crippen LogP contribution < -0.4 is 5.32 Å². The number of aryl methyl sites for hydroxylation is 1. The first-order valence-corrected chi connectivity index (χ1v) is 6.50. The molecule has 1 aromatic heterocycles. The van der Waals surface area contributed by atoms with Crippen molar-refractivity contribution in [3.05, 3.63) is 47.5 Å². The fourth-order valence-electron chi connectivity index (χ4n) is 1.72. The minimum absolute atomic E-state index is 0.103. The van der Waals surface area contributed by atoms with E-state index in [1.807, 2.05) is 23.7 Å². The van der Waals surface area contributed by atoms with Gasteiger partial charge in [0.25, 0.3) is 5.91 Å². The first kappa shape index (κ1) is 13.5. The Balaban J connectivity index is 1.89. The van der Waals surface area contributed by atoms with E-state index >= 15 is 0 Å². The third-order valence-electron chi connectivity index (χ3n) is 2.78. The Bertz CT molecular complexity index is 567. The molecule has 0 aliphatic carbocycles. The second-order valence-electron chi connectivity index (χ2n) is 4.20. The minimum Gasteiger partial charge on any atom is -0.352 e. The van der Waals surface area contributed by atoms with Crippen molar-refractivity contribution in [3.63, 3.8) is 0 Å². The molecule has 1 heterocycles. The van der Waals surface area contributed by atoms with Gasteiger partial charge in [0.15, 0.2) is 0 Å². The van der Waals surface area contributed by atoms with Crippen LogP contribution in [-0.2, 0) is 19.3 Å². The number of nitrogens with zero attached hydrogens (tertiary/aromatic N) is 3. The normalized spacial score (nSPS) is 10.4. The van der Waals surface area contributed by atoms with E-state index < -0.39 is 0 Å². The van der Waals surface area contributed by atoms with E-state index in [4.69, 9.17) is 11.6 Å². The highest BCUT2D eigenvalue weighted by Gasteiger charge is 2.06. The molecule has 5 nitrogen and oxygen atoms in total. The second kappa shape index (κ2) is 6.33. The van der Waals surface area contributed by atoms with E-state index in [2.05, 4.69) is 15.5 Å². The number of alkyl halides is 1. The van der Waals surface area contributed by atoms with Gasteiger partial charge in [0.2, 0.25) is 0 Å². The first-order valence-electron chi connectivity index (χ1n) is 5.96. The highest BCUT2D eigenvalue weighted by atomic mass is 35.5. The molecule has 1 aromatic carbocycles. The standard InChI is InChI=1S/C13H15ClN4O/c1-18-9-16-17-12(18)5-6-15-13(19)11-4-2-3-10(7-11)8-14/h2-4,7,9H,5-6,8H2,1H3,(H,15,19). The average molecular weight is 279 g/mol. The zero-order valence-corrected chi connectivity index (χ0v) is 11.4. The molecule has 19 heavy (non-hydrogen) atoms. The molecule has 0 saturated heterocycles. The zero-order chi connectivity index (χ0) is 13.7. The molecule has 1 N–H and O–H groups in total. The lowest BCUT2D eigenvalue weighted by Crippen LogP contribution is -2.26. The second-order valence-corrected chi connectivity index (χ2v) is 4.47. The van der Waals surface area contributed by atoms with Gasteiger partial charge in [-0.1, -0.05) is 12.1 Å². The van der Waals surface area contributed by atoms with Crippen LogP contribution in [0, 0.1) is 0 Å². The molecule has 0 saturated carbocycles. The third-order valence-corrected chi connectivity index (χ3v) is 3.09. The molecule has 0 aliphatic rings. The van der Waals surface area contributed by atoms with E-state index in [1.165, 1.54) is 0 Å². The van der Waals surface area contributed by atoms with Gasteiger partial charge < -0.3 is 9.88 Å². The number of amides is 1. The van der Waals surface area contributed by atoms with Gasteiger partial charge in [-0.3, -0.25) is 4.79 Å². The molecule has 1 amide bonds. The van der Waals surface area contributed by atoms with Gasteiger partial charge in [0.1, 0.15) is 12.2 Å². The summed E-state index contributed by atoms with van der Waals surface area (Å²) in [6.45, 7) is 0.524. The molecule has 0 radical (unpaired) electrons. The highest BCUT2D eigenvalue weighted by molar-refractivity contribution is 6.17.